The molecule has 31 heavy (non-hydrogen) atoms. The third-order valence-corrected chi connectivity index (χ3v) is 4.93. The van der Waals surface area contributed by atoms with Crippen LogP contribution in [0.1, 0.15) is 5.56 Å². The molecule has 0 bridgehead atoms. The van der Waals surface area contributed by atoms with Crippen molar-refractivity contribution in [1.29, 1.82) is 0 Å². The first kappa shape index (κ1) is 20.3. The fraction of sp³-hybridized carbons (Fsp3) is 0.115. The van der Waals surface area contributed by atoms with Crippen LogP contribution in [0.4, 0.5) is 11.6 Å². The molecule has 5 heteroatoms. The Morgan fingerprint density at radius 1 is 0.677 bits per heavy atom. The number of benzene rings is 3. The standard InChI is InChI=1S/C26H25N5/c1-30(2)23-16-14-20(15-17-23)19-27-31(3)26-28-24(21-10-6-4-7-11-21)18-25(29-26)22-12-8-5-9-13-22/h4-19H,1-3H3/b27-19-. The molecule has 0 N–H and O–H groups in total. The molecule has 0 aliphatic rings. The summed E-state index contributed by atoms with van der Waals surface area (Å²) in [5, 5.41) is 6.29. The first-order valence-corrected chi connectivity index (χ1v) is 10.2. The van der Waals surface area contributed by atoms with Crippen molar-refractivity contribution in [3.05, 3.63) is 96.6 Å². The zero-order valence-electron chi connectivity index (χ0n) is 18.0. The molecule has 4 rings (SSSR count). The first-order valence-electron chi connectivity index (χ1n) is 10.2. The molecule has 0 fully saturated rings. The van der Waals surface area contributed by atoms with Gasteiger partial charge in [-0.05, 0) is 23.8 Å². The van der Waals surface area contributed by atoms with Gasteiger partial charge >= 0.3 is 0 Å². The molecule has 0 radical (unpaired) electrons. The van der Waals surface area contributed by atoms with Crippen molar-refractivity contribution < 1.29 is 0 Å². The lowest BCUT2D eigenvalue weighted by Crippen LogP contribution is -2.13. The lowest BCUT2D eigenvalue weighted by molar-refractivity contribution is 0.938. The van der Waals surface area contributed by atoms with Gasteiger partial charge in [0.1, 0.15) is 0 Å². The van der Waals surface area contributed by atoms with Crippen molar-refractivity contribution in [3.8, 4) is 22.5 Å². The van der Waals surface area contributed by atoms with Crippen LogP contribution in [0.5, 0.6) is 0 Å². The molecule has 0 saturated heterocycles. The fourth-order valence-corrected chi connectivity index (χ4v) is 3.16. The molecule has 5 nitrogen and oxygen atoms in total. The lowest BCUT2D eigenvalue weighted by atomic mass is 10.1. The predicted octanol–water partition coefficient (Wildman–Crippen LogP) is 5.35. The summed E-state index contributed by atoms with van der Waals surface area (Å²) >= 11 is 0. The second-order valence-corrected chi connectivity index (χ2v) is 7.42. The molecular formula is C26H25N5. The van der Waals surface area contributed by atoms with Gasteiger partial charge in [0.15, 0.2) is 0 Å². The van der Waals surface area contributed by atoms with Gasteiger partial charge in [0.05, 0.1) is 17.6 Å². The van der Waals surface area contributed by atoms with E-state index in [1.54, 1.807) is 5.01 Å². The van der Waals surface area contributed by atoms with E-state index in [4.69, 9.17) is 9.97 Å². The van der Waals surface area contributed by atoms with Crippen LogP contribution in [-0.2, 0) is 0 Å². The number of rotatable bonds is 6. The third-order valence-electron chi connectivity index (χ3n) is 4.93. The number of anilines is 2. The van der Waals surface area contributed by atoms with Crippen LogP contribution in [0.25, 0.3) is 22.5 Å². The van der Waals surface area contributed by atoms with Crippen LogP contribution >= 0.6 is 0 Å². The van der Waals surface area contributed by atoms with Crippen LogP contribution in [0, 0.1) is 0 Å². The molecule has 0 unspecified atom stereocenters. The number of nitrogens with zero attached hydrogens (tertiary/aromatic N) is 5. The van der Waals surface area contributed by atoms with Crippen LogP contribution in [0.3, 0.4) is 0 Å². The smallest absolute Gasteiger partial charge is 0.247 e. The summed E-state index contributed by atoms with van der Waals surface area (Å²) in [5.41, 5.74) is 5.97. The highest BCUT2D eigenvalue weighted by Crippen LogP contribution is 2.26. The van der Waals surface area contributed by atoms with Crippen molar-refractivity contribution in [3.63, 3.8) is 0 Å². The predicted molar refractivity (Wildman–Crippen MR) is 130 cm³/mol. The molecule has 0 aliphatic heterocycles. The molecule has 0 amide bonds. The Balaban J connectivity index is 1.67. The summed E-state index contributed by atoms with van der Waals surface area (Å²) < 4.78 is 0. The second-order valence-electron chi connectivity index (χ2n) is 7.42. The van der Waals surface area contributed by atoms with E-state index in [1.807, 2.05) is 82.0 Å². The van der Waals surface area contributed by atoms with Crippen LogP contribution in [0.2, 0.25) is 0 Å². The maximum Gasteiger partial charge on any atom is 0.247 e. The SMILES string of the molecule is CN(C)c1ccc(/C=N\N(C)c2nc(-c3ccccc3)cc(-c3ccccc3)n2)cc1. The minimum atomic E-state index is 0.543. The number of hydrogen-bond acceptors (Lipinski definition) is 5. The maximum atomic E-state index is 4.77. The van der Waals surface area contributed by atoms with E-state index >= 15 is 0 Å². The highest BCUT2D eigenvalue weighted by atomic mass is 15.5. The molecule has 0 saturated carbocycles. The van der Waals surface area contributed by atoms with Gasteiger partial charge in [-0.2, -0.15) is 5.10 Å². The normalized spacial score (nSPS) is 10.9. The zero-order chi connectivity index (χ0) is 21.6. The van der Waals surface area contributed by atoms with E-state index in [1.165, 1.54) is 0 Å². The molecule has 3 aromatic carbocycles. The first-order chi connectivity index (χ1) is 15.1. The molecule has 0 spiro atoms. The molecule has 1 heterocycles. The van der Waals surface area contributed by atoms with Gasteiger partial charge in [-0.25, -0.2) is 15.0 Å². The van der Waals surface area contributed by atoms with E-state index in [2.05, 4.69) is 46.4 Å². The molecule has 0 aliphatic carbocycles. The van der Waals surface area contributed by atoms with Crippen LogP contribution in [-0.4, -0.2) is 37.3 Å². The minimum Gasteiger partial charge on any atom is -0.378 e. The number of aromatic nitrogens is 2. The monoisotopic (exact) mass is 407 g/mol. The van der Waals surface area contributed by atoms with Gasteiger partial charge in [0, 0.05) is 38.0 Å². The van der Waals surface area contributed by atoms with E-state index in [-0.39, 0.29) is 0 Å². The van der Waals surface area contributed by atoms with Gasteiger partial charge in [0.2, 0.25) is 5.95 Å². The number of hydrogen-bond donors (Lipinski definition) is 0. The average molecular weight is 408 g/mol. The molecular weight excluding hydrogens is 382 g/mol. The molecule has 4 aromatic rings. The lowest BCUT2D eigenvalue weighted by Gasteiger charge is -2.14. The summed E-state index contributed by atoms with van der Waals surface area (Å²) in [5.74, 6) is 0.543. The maximum absolute atomic E-state index is 4.77. The Hall–Kier alpha value is -3.99. The summed E-state index contributed by atoms with van der Waals surface area (Å²) in [6.07, 6.45) is 1.82. The van der Waals surface area contributed by atoms with Crippen LogP contribution in [0.15, 0.2) is 96.1 Å². The number of hydrazone groups is 1. The van der Waals surface area contributed by atoms with E-state index in [0.29, 0.717) is 5.95 Å². The third kappa shape index (κ3) is 4.95. The van der Waals surface area contributed by atoms with E-state index in [9.17, 15) is 0 Å². The molecule has 154 valence electrons. The average Bonchev–Trinajstić information content (AvgIpc) is 2.83. The summed E-state index contributed by atoms with van der Waals surface area (Å²) in [6.45, 7) is 0. The van der Waals surface area contributed by atoms with Gasteiger partial charge in [-0.15, -0.1) is 0 Å². The Bertz CT molecular complexity index is 1100. The van der Waals surface area contributed by atoms with E-state index < -0.39 is 0 Å². The van der Waals surface area contributed by atoms with Gasteiger partial charge in [0.25, 0.3) is 0 Å². The molecule has 0 atom stereocenters. The Labute approximate surface area is 183 Å². The Kier molecular flexibility index (Phi) is 6.03. The minimum absolute atomic E-state index is 0.543. The summed E-state index contributed by atoms with van der Waals surface area (Å²) in [4.78, 5) is 11.6. The summed E-state index contributed by atoms with van der Waals surface area (Å²) in [6, 6.07) is 30.5. The highest BCUT2D eigenvalue weighted by molar-refractivity contribution is 5.81. The van der Waals surface area contributed by atoms with Crippen molar-refractivity contribution in [2.24, 2.45) is 5.10 Å². The van der Waals surface area contributed by atoms with Crippen molar-refractivity contribution in [2.75, 3.05) is 31.1 Å². The largest absolute Gasteiger partial charge is 0.378 e. The Morgan fingerprint density at radius 2 is 1.19 bits per heavy atom. The molecule has 1 aromatic heterocycles. The summed E-state index contributed by atoms with van der Waals surface area (Å²) in [7, 11) is 5.92. The zero-order valence-corrected chi connectivity index (χ0v) is 18.0. The van der Waals surface area contributed by atoms with E-state index in [0.717, 1.165) is 33.8 Å². The quantitative estimate of drug-likeness (QED) is 0.319. The Morgan fingerprint density at radius 3 is 1.68 bits per heavy atom. The van der Waals surface area contributed by atoms with Crippen LogP contribution < -0.4 is 9.91 Å². The fourth-order valence-electron chi connectivity index (χ4n) is 3.16. The second kappa shape index (κ2) is 9.22. The van der Waals surface area contributed by atoms with Crippen molar-refractivity contribution >= 4 is 17.9 Å². The topological polar surface area (TPSA) is 44.6 Å². The highest BCUT2D eigenvalue weighted by Gasteiger charge is 2.11. The van der Waals surface area contributed by atoms with Gasteiger partial charge in [-0.3, -0.25) is 0 Å². The van der Waals surface area contributed by atoms with Gasteiger partial charge in [-0.1, -0.05) is 72.8 Å². The van der Waals surface area contributed by atoms with Crippen molar-refractivity contribution in [2.45, 2.75) is 0 Å². The van der Waals surface area contributed by atoms with Crippen molar-refractivity contribution in [1.82, 2.24) is 9.97 Å². The van der Waals surface area contributed by atoms with Gasteiger partial charge < -0.3 is 4.90 Å².